The summed E-state index contributed by atoms with van der Waals surface area (Å²) < 4.78 is 10.9. The maximum absolute atomic E-state index is 11.7. The van der Waals surface area contributed by atoms with Crippen LogP contribution in [0.4, 0.5) is 0 Å². The van der Waals surface area contributed by atoms with Crippen LogP contribution >= 0.6 is 0 Å². The van der Waals surface area contributed by atoms with Gasteiger partial charge >= 0.3 is 5.97 Å². The van der Waals surface area contributed by atoms with Gasteiger partial charge in [0.1, 0.15) is 5.75 Å². The van der Waals surface area contributed by atoms with E-state index in [0.29, 0.717) is 32.1 Å². The fourth-order valence-electron chi connectivity index (χ4n) is 3.21. The normalized spacial score (nSPS) is 16.4. The number of nitrogens with two attached hydrogens (primary N) is 2. The number of benzene rings is 1. The zero-order valence-electron chi connectivity index (χ0n) is 15.0. The van der Waals surface area contributed by atoms with Crippen molar-refractivity contribution < 1.29 is 14.3 Å². The highest BCUT2D eigenvalue weighted by atomic mass is 16.5. The molecule has 25 heavy (non-hydrogen) atoms. The van der Waals surface area contributed by atoms with Gasteiger partial charge in [0.05, 0.1) is 13.2 Å². The Morgan fingerprint density at radius 1 is 1.32 bits per heavy atom. The zero-order valence-corrected chi connectivity index (χ0v) is 15.0. The Morgan fingerprint density at radius 3 is 2.92 bits per heavy atom. The van der Waals surface area contributed by atoms with Crippen LogP contribution in [0.15, 0.2) is 23.2 Å². The molecule has 6 nitrogen and oxygen atoms in total. The molecule has 1 aliphatic rings. The SMILES string of the molecule is CCOC(=O)CC1CCCc2cc(OCCCN=C(N)N)ccc2C1. The van der Waals surface area contributed by atoms with Crippen molar-refractivity contribution in [2.24, 2.45) is 22.4 Å². The lowest BCUT2D eigenvalue weighted by Crippen LogP contribution is -2.23. The number of nitrogens with zero attached hydrogens (tertiary/aromatic N) is 1. The van der Waals surface area contributed by atoms with Crippen LogP contribution < -0.4 is 16.2 Å². The van der Waals surface area contributed by atoms with E-state index in [0.717, 1.165) is 37.9 Å². The molecule has 0 bridgehead atoms. The van der Waals surface area contributed by atoms with Gasteiger partial charge in [-0.1, -0.05) is 6.07 Å². The Bertz CT molecular complexity index is 598. The summed E-state index contributed by atoms with van der Waals surface area (Å²) in [6.45, 7) is 3.45. The first-order valence-corrected chi connectivity index (χ1v) is 9.04. The number of guanidine groups is 1. The number of rotatable bonds is 8. The predicted molar refractivity (Wildman–Crippen MR) is 98.6 cm³/mol. The van der Waals surface area contributed by atoms with Gasteiger partial charge in [0.25, 0.3) is 0 Å². The van der Waals surface area contributed by atoms with Crippen molar-refractivity contribution in [3.63, 3.8) is 0 Å². The number of esters is 1. The number of carbonyl (C=O) groups excluding carboxylic acids is 1. The molecule has 0 heterocycles. The minimum atomic E-state index is -0.0864. The van der Waals surface area contributed by atoms with Gasteiger partial charge in [-0.2, -0.15) is 0 Å². The first-order valence-electron chi connectivity index (χ1n) is 9.04. The Kier molecular flexibility index (Phi) is 7.57. The molecular weight excluding hydrogens is 318 g/mol. The van der Waals surface area contributed by atoms with Crippen molar-refractivity contribution in [2.45, 2.75) is 45.4 Å². The van der Waals surface area contributed by atoms with Gasteiger partial charge in [0, 0.05) is 19.4 Å². The zero-order chi connectivity index (χ0) is 18.1. The van der Waals surface area contributed by atoms with Gasteiger partial charge in [-0.25, -0.2) is 0 Å². The lowest BCUT2D eigenvalue weighted by molar-refractivity contribution is -0.144. The van der Waals surface area contributed by atoms with E-state index >= 15 is 0 Å². The van der Waals surface area contributed by atoms with Gasteiger partial charge < -0.3 is 20.9 Å². The van der Waals surface area contributed by atoms with Crippen molar-refractivity contribution in [3.8, 4) is 5.75 Å². The molecule has 2 rings (SSSR count). The minimum Gasteiger partial charge on any atom is -0.494 e. The molecule has 0 radical (unpaired) electrons. The van der Waals surface area contributed by atoms with Crippen LogP contribution in [0.1, 0.15) is 43.7 Å². The summed E-state index contributed by atoms with van der Waals surface area (Å²) in [6, 6.07) is 6.26. The molecule has 0 amide bonds. The molecule has 138 valence electrons. The summed E-state index contributed by atoms with van der Waals surface area (Å²) in [5.41, 5.74) is 13.2. The molecule has 1 unspecified atom stereocenters. The van der Waals surface area contributed by atoms with Gasteiger partial charge in [-0.05, 0) is 61.8 Å². The summed E-state index contributed by atoms with van der Waals surface area (Å²) >= 11 is 0. The minimum absolute atomic E-state index is 0.0864. The molecule has 1 aromatic rings. The molecule has 4 N–H and O–H groups in total. The second-order valence-electron chi connectivity index (χ2n) is 6.41. The average Bonchev–Trinajstić information content (AvgIpc) is 2.75. The van der Waals surface area contributed by atoms with E-state index in [1.165, 1.54) is 11.1 Å². The van der Waals surface area contributed by atoms with Crippen LogP contribution in [-0.4, -0.2) is 31.7 Å². The highest BCUT2D eigenvalue weighted by Gasteiger charge is 2.20. The summed E-state index contributed by atoms with van der Waals surface area (Å²) in [5, 5.41) is 0. The third-order valence-electron chi connectivity index (χ3n) is 4.37. The van der Waals surface area contributed by atoms with E-state index in [1.54, 1.807) is 0 Å². The van der Waals surface area contributed by atoms with E-state index in [1.807, 2.05) is 13.0 Å². The Morgan fingerprint density at radius 2 is 2.16 bits per heavy atom. The van der Waals surface area contributed by atoms with E-state index in [9.17, 15) is 4.79 Å². The summed E-state index contributed by atoms with van der Waals surface area (Å²) in [4.78, 5) is 15.7. The quantitative estimate of drug-likeness (QED) is 0.247. The van der Waals surface area contributed by atoms with Crippen LogP contribution in [0.25, 0.3) is 0 Å². The smallest absolute Gasteiger partial charge is 0.306 e. The highest BCUT2D eigenvalue weighted by molar-refractivity contribution is 5.75. The number of fused-ring (bicyclic) bond motifs is 1. The van der Waals surface area contributed by atoms with Crippen LogP contribution in [0, 0.1) is 5.92 Å². The molecule has 1 atom stereocenters. The summed E-state index contributed by atoms with van der Waals surface area (Å²) in [5.74, 6) is 1.28. The largest absolute Gasteiger partial charge is 0.494 e. The van der Waals surface area contributed by atoms with Gasteiger partial charge in [0.2, 0.25) is 0 Å². The number of hydrogen-bond acceptors (Lipinski definition) is 4. The van der Waals surface area contributed by atoms with Crippen molar-refractivity contribution in [2.75, 3.05) is 19.8 Å². The van der Waals surface area contributed by atoms with Crippen molar-refractivity contribution >= 4 is 11.9 Å². The van der Waals surface area contributed by atoms with Crippen molar-refractivity contribution in [3.05, 3.63) is 29.3 Å². The second kappa shape index (κ2) is 9.91. The summed E-state index contributed by atoms with van der Waals surface area (Å²) in [6.07, 6.45) is 5.39. The molecular formula is C19H29N3O3. The fraction of sp³-hybridized carbons (Fsp3) is 0.579. The molecule has 0 saturated heterocycles. The Balaban J connectivity index is 1.88. The molecule has 0 aliphatic heterocycles. The number of hydrogen-bond donors (Lipinski definition) is 2. The molecule has 1 aromatic carbocycles. The maximum atomic E-state index is 11.7. The first-order chi connectivity index (χ1) is 12.1. The highest BCUT2D eigenvalue weighted by Crippen LogP contribution is 2.29. The Labute approximate surface area is 149 Å². The second-order valence-corrected chi connectivity index (χ2v) is 6.41. The van der Waals surface area contributed by atoms with Gasteiger partial charge in [-0.15, -0.1) is 0 Å². The van der Waals surface area contributed by atoms with Gasteiger partial charge in [0.15, 0.2) is 5.96 Å². The predicted octanol–water partition coefficient (Wildman–Crippen LogP) is 2.18. The summed E-state index contributed by atoms with van der Waals surface area (Å²) in [7, 11) is 0. The molecule has 0 fully saturated rings. The standard InChI is InChI=1S/C19H29N3O3/c1-2-24-18(23)12-14-5-3-6-15-13-17(8-7-16(15)11-14)25-10-4-9-22-19(20)21/h7-8,13-14H,2-6,9-12H2,1H3,(H4,20,21,22). The van der Waals surface area contributed by atoms with E-state index in [2.05, 4.69) is 17.1 Å². The number of aliphatic imine (C=N–C) groups is 1. The first kappa shape index (κ1) is 19.1. The monoisotopic (exact) mass is 347 g/mol. The number of ether oxygens (including phenoxy) is 2. The Hall–Kier alpha value is -2.24. The number of carbonyl (C=O) groups is 1. The van der Waals surface area contributed by atoms with E-state index in [4.69, 9.17) is 20.9 Å². The third-order valence-corrected chi connectivity index (χ3v) is 4.37. The molecule has 6 heteroatoms. The lowest BCUT2D eigenvalue weighted by Gasteiger charge is -2.14. The number of aryl methyl sites for hydroxylation is 1. The maximum Gasteiger partial charge on any atom is 0.306 e. The molecule has 0 saturated carbocycles. The lowest BCUT2D eigenvalue weighted by atomic mass is 9.94. The van der Waals surface area contributed by atoms with E-state index < -0.39 is 0 Å². The average molecular weight is 347 g/mol. The molecule has 0 aromatic heterocycles. The third kappa shape index (κ3) is 6.64. The van der Waals surface area contributed by atoms with Gasteiger partial charge in [-0.3, -0.25) is 9.79 Å². The molecule has 0 spiro atoms. The van der Waals surface area contributed by atoms with Crippen LogP contribution in [0.2, 0.25) is 0 Å². The van der Waals surface area contributed by atoms with E-state index in [-0.39, 0.29) is 11.9 Å². The van der Waals surface area contributed by atoms with Crippen molar-refractivity contribution in [1.29, 1.82) is 0 Å². The van der Waals surface area contributed by atoms with Crippen LogP contribution in [0.3, 0.4) is 0 Å². The van der Waals surface area contributed by atoms with Crippen LogP contribution in [-0.2, 0) is 22.4 Å². The fourth-order valence-corrected chi connectivity index (χ4v) is 3.21. The van der Waals surface area contributed by atoms with Crippen molar-refractivity contribution in [1.82, 2.24) is 0 Å². The van der Waals surface area contributed by atoms with Crippen LogP contribution in [0.5, 0.6) is 5.75 Å². The molecule has 1 aliphatic carbocycles. The topological polar surface area (TPSA) is 99.9 Å².